The van der Waals surface area contributed by atoms with Gasteiger partial charge in [-0.25, -0.2) is 4.39 Å². The molecule has 0 aromatic heterocycles. The Kier molecular flexibility index (Phi) is 5.92. The van der Waals surface area contributed by atoms with E-state index in [4.69, 9.17) is 9.84 Å². The van der Waals surface area contributed by atoms with E-state index in [1.807, 2.05) is 31.2 Å². The number of methoxy groups -OCH3 is 1. The fourth-order valence-electron chi connectivity index (χ4n) is 2.34. The molecule has 1 atom stereocenters. The molecule has 0 saturated carbocycles. The van der Waals surface area contributed by atoms with Gasteiger partial charge in [-0.15, -0.1) is 0 Å². The van der Waals surface area contributed by atoms with Crippen LogP contribution in [0.4, 0.5) is 4.39 Å². The Hall–Kier alpha value is -1.91. The van der Waals surface area contributed by atoms with Crippen LogP contribution in [0.5, 0.6) is 5.75 Å². The fourth-order valence-corrected chi connectivity index (χ4v) is 2.34. The van der Waals surface area contributed by atoms with Gasteiger partial charge in [-0.2, -0.15) is 0 Å². The number of nitrogens with one attached hydrogen (secondary N) is 1. The van der Waals surface area contributed by atoms with Gasteiger partial charge in [0.05, 0.1) is 13.7 Å². The molecular weight excluding hydrogens is 281 g/mol. The first-order valence-electron chi connectivity index (χ1n) is 7.39. The normalized spacial score (nSPS) is 12.2. The van der Waals surface area contributed by atoms with Crippen molar-refractivity contribution in [3.8, 4) is 5.75 Å². The van der Waals surface area contributed by atoms with Crippen molar-refractivity contribution in [1.82, 2.24) is 5.32 Å². The van der Waals surface area contributed by atoms with Crippen molar-refractivity contribution >= 4 is 0 Å². The molecule has 0 aliphatic rings. The van der Waals surface area contributed by atoms with Gasteiger partial charge in [0.25, 0.3) is 0 Å². The molecule has 0 spiro atoms. The average Bonchev–Trinajstić information content (AvgIpc) is 2.55. The predicted octanol–water partition coefficient (Wildman–Crippen LogP) is 3.22. The summed E-state index contributed by atoms with van der Waals surface area (Å²) in [5.41, 5.74) is 2.73. The maximum Gasteiger partial charge on any atom is 0.131 e. The molecule has 1 unspecified atom stereocenters. The number of rotatable bonds is 7. The Morgan fingerprint density at radius 2 is 1.82 bits per heavy atom. The first-order valence-corrected chi connectivity index (χ1v) is 7.39. The third-order valence-corrected chi connectivity index (χ3v) is 3.74. The van der Waals surface area contributed by atoms with Crippen LogP contribution >= 0.6 is 0 Å². The molecule has 118 valence electrons. The van der Waals surface area contributed by atoms with Gasteiger partial charge in [0.15, 0.2) is 0 Å². The Morgan fingerprint density at radius 3 is 2.41 bits per heavy atom. The number of ether oxygens (including phenoxy) is 1. The molecule has 0 amide bonds. The van der Waals surface area contributed by atoms with Crippen LogP contribution in [-0.2, 0) is 13.0 Å². The molecule has 3 nitrogen and oxygen atoms in total. The van der Waals surface area contributed by atoms with E-state index in [-0.39, 0.29) is 18.5 Å². The molecule has 0 heterocycles. The standard InChI is InChI=1S/C18H22FNO2/c1-13(17-8-7-16(22-2)11-18(17)19)20-10-9-14-3-5-15(12-21)6-4-14/h3-8,11,13,20-21H,9-10,12H2,1-2H3. The highest BCUT2D eigenvalue weighted by atomic mass is 19.1. The van der Waals surface area contributed by atoms with E-state index in [0.29, 0.717) is 11.3 Å². The lowest BCUT2D eigenvalue weighted by Crippen LogP contribution is -2.22. The van der Waals surface area contributed by atoms with Crippen LogP contribution < -0.4 is 10.1 Å². The summed E-state index contributed by atoms with van der Waals surface area (Å²) in [4.78, 5) is 0. The zero-order valence-electron chi connectivity index (χ0n) is 13.0. The Morgan fingerprint density at radius 1 is 1.14 bits per heavy atom. The van der Waals surface area contributed by atoms with Gasteiger partial charge in [0.2, 0.25) is 0 Å². The Balaban J connectivity index is 1.88. The van der Waals surface area contributed by atoms with Crippen molar-refractivity contribution in [3.63, 3.8) is 0 Å². The van der Waals surface area contributed by atoms with Crippen LogP contribution in [0.15, 0.2) is 42.5 Å². The summed E-state index contributed by atoms with van der Waals surface area (Å²) >= 11 is 0. The molecule has 0 bridgehead atoms. The maximum absolute atomic E-state index is 14.0. The van der Waals surface area contributed by atoms with Crippen LogP contribution in [0.2, 0.25) is 0 Å². The van der Waals surface area contributed by atoms with Crippen molar-refractivity contribution in [2.45, 2.75) is 26.0 Å². The van der Waals surface area contributed by atoms with E-state index in [9.17, 15) is 4.39 Å². The lowest BCUT2D eigenvalue weighted by Gasteiger charge is -2.15. The average molecular weight is 303 g/mol. The van der Waals surface area contributed by atoms with E-state index >= 15 is 0 Å². The van der Waals surface area contributed by atoms with Crippen molar-refractivity contribution in [3.05, 3.63) is 65.0 Å². The SMILES string of the molecule is COc1ccc(C(C)NCCc2ccc(CO)cc2)c(F)c1. The molecular formula is C18H22FNO2. The minimum absolute atomic E-state index is 0.0618. The van der Waals surface area contributed by atoms with Crippen LogP contribution in [-0.4, -0.2) is 18.8 Å². The van der Waals surface area contributed by atoms with E-state index < -0.39 is 0 Å². The molecule has 0 fully saturated rings. The molecule has 2 rings (SSSR count). The lowest BCUT2D eigenvalue weighted by molar-refractivity contribution is 0.282. The third kappa shape index (κ3) is 4.29. The second-order valence-electron chi connectivity index (χ2n) is 5.29. The second kappa shape index (κ2) is 7.92. The highest BCUT2D eigenvalue weighted by Crippen LogP contribution is 2.21. The highest BCUT2D eigenvalue weighted by molar-refractivity contribution is 5.30. The summed E-state index contributed by atoms with van der Waals surface area (Å²) in [6.07, 6.45) is 0.855. The highest BCUT2D eigenvalue weighted by Gasteiger charge is 2.11. The third-order valence-electron chi connectivity index (χ3n) is 3.74. The first-order chi connectivity index (χ1) is 10.6. The van der Waals surface area contributed by atoms with Gasteiger partial charge < -0.3 is 15.2 Å². The van der Waals surface area contributed by atoms with Crippen LogP contribution in [0.3, 0.4) is 0 Å². The molecule has 4 heteroatoms. The van der Waals surface area contributed by atoms with E-state index in [2.05, 4.69) is 5.32 Å². The predicted molar refractivity (Wildman–Crippen MR) is 85.4 cm³/mol. The largest absolute Gasteiger partial charge is 0.497 e. The van der Waals surface area contributed by atoms with Crippen LogP contribution in [0, 0.1) is 5.82 Å². The lowest BCUT2D eigenvalue weighted by atomic mass is 10.1. The molecule has 0 saturated heterocycles. The zero-order valence-corrected chi connectivity index (χ0v) is 13.0. The minimum Gasteiger partial charge on any atom is -0.497 e. The molecule has 2 aromatic carbocycles. The van der Waals surface area contributed by atoms with Crippen molar-refractivity contribution in [2.24, 2.45) is 0 Å². The van der Waals surface area contributed by atoms with Gasteiger partial charge in [-0.3, -0.25) is 0 Å². The van der Waals surface area contributed by atoms with Crippen molar-refractivity contribution in [2.75, 3.05) is 13.7 Å². The van der Waals surface area contributed by atoms with Crippen LogP contribution in [0.1, 0.15) is 29.7 Å². The summed E-state index contributed by atoms with van der Waals surface area (Å²) in [7, 11) is 1.53. The second-order valence-corrected chi connectivity index (χ2v) is 5.29. The van der Waals surface area contributed by atoms with E-state index in [0.717, 1.165) is 18.5 Å². The molecule has 0 aliphatic carbocycles. The number of benzene rings is 2. The number of aliphatic hydroxyl groups is 1. The summed E-state index contributed by atoms with van der Waals surface area (Å²) in [5, 5.41) is 12.3. The van der Waals surface area contributed by atoms with Crippen molar-refractivity contribution < 1.29 is 14.2 Å². The number of hydrogen-bond donors (Lipinski definition) is 2. The monoisotopic (exact) mass is 303 g/mol. The van der Waals surface area contributed by atoms with Gasteiger partial charge >= 0.3 is 0 Å². The Bertz CT molecular complexity index is 599. The summed E-state index contributed by atoms with van der Waals surface area (Å²) in [5.74, 6) is 0.268. The summed E-state index contributed by atoms with van der Waals surface area (Å²) in [6.45, 7) is 2.76. The maximum atomic E-state index is 14.0. The van der Waals surface area contributed by atoms with Crippen molar-refractivity contribution in [1.29, 1.82) is 0 Å². The summed E-state index contributed by atoms with van der Waals surface area (Å²) < 4.78 is 19.0. The summed E-state index contributed by atoms with van der Waals surface area (Å²) in [6, 6.07) is 12.7. The Labute approximate surface area is 130 Å². The molecule has 2 aromatic rings. The first kappa shape index (κ1) is 16.5. The fraction of sp³-hybridized carbons (Fsp3) is 0.333. The topological polar surface area (TPSA) is 41.5 Å². The van der Waals surface area contributed by atoms with E-state index in [1.54, 1.807) is 12.1 Å². The van der Waals surface area contributed by atoms with Gasteiger partial charge in [0, 0.05) is 17.7 Å². The zero-order chi connectivity index (χ0) is 15.9. The van der Waals surface area contributed by atoms with Crippen LogP contribution in [0.25, 0.3) is 0 Å². The minimum atomic E-state index is -0.258. The number of aliphatic hydroxyl groups excluding tert-OH is 1. The van der Waals surface area contributed by atoms with Gasteiger partial charge in [0.1, 0.15) is 11.6 Å². The number of hydrogen-bond acceptors (Lipinski definition) is 3. The molecule has 0 aliphatic heterocycles. The number of halogens is 1. The van der Waals surface area contributed by atoms with E-state index in [1.165, 1.54) is 18.7 Å². The molecule has 22 heavy (non-hydrogen) atoms. The molecule has 0 radical (unpaired) electrons. The van der Waals surface area contributed by atoms with Gasteiger partial charge in [-0.1, -0.05) is 30.3 Å². The molecule has 2 N–H and O–H groups in total. The van der Waals surface area contributed by atoms with Gasteiger partial charge in [-0.05, 0) is 37.1 Å². The smallest absolute Gasteiger partial charge is 0.131 e. The quantitative estimate of drug-likeness (QED) is 0.825.